The summed E-state index contributed by atoms with van der Waals surface area (Å²) in [6, 6.07) is 2.84. The van der Waals surface area contributed by atoms with E-state index in [1.54, 1.807) is 24.3 Å². The molecular formula is C25H30ClF3N4O5S. The van der Waals surface area contributed by atoms with Crippen LogP contribution in [0.4, 0.5) is 18.9 Å². The highest BCUT2D eigenvalue weighted by atomic mass is 35.5. The van der Waals surface area contributed by atoms with Crippen molar-refractivity contribution in [2.75, 3.05) is 24.7 Å². The average molecular weight is 591 g/mol. The van der Waals surface area contributed by atoms with Gasteiger partial charge >= 0.3 is 0 Å². The second-order valence-corrected chi connectivity index (χ2v) is 12.7. The van der Waals surface area contributed by atoms with Gasteiger partial charge in [0.05, 0.1) is 18.5 Å². The monoisotopic (exact) mass is 590 g/mol. The highest BCUT2D eigenvalue weighted by Gasteiger charge is 2.60. The lowest BCUT2D eigenvalue weighted by atomic mass is 9.71. The molecule has 5 atom stereocenters. The third kappa shape index (κ3) is 6.68. The Morgan fingerprint density at radius 3 is 2.64 bits per heavy atom. The number of fused-ring (bicyclic) bond motifs is 3. The molecule has 0 spiro atoms. The highest BCUT2D eigenvalue weighted by Crippen LogP contribution is 2.49. The number of hydrogen-bond acceptors (Lipinski definition) is 6. The number of alkyl halides is 2. The van der Waals surface area contributed by atoms with Crippen LogP contribution in [0.25, 0.3) is 0 Å². The van der Waals surface area contributed by atoms with Crippen molar-refractivity contribution in [2.24, 2.45) is 11.8 Å². The van der Waals surface area contributed by atoms with Crippen molar-refractivity contribution in [3.8, 4) is 0 Å². The summed E-state index contributed by atoms with van der Waals surface area (Å²) in [5.41, 5.74) is 0.528. The van der Waals surface area contributed by atoms with E-state index in [0.717, 1.165) is 4.90 Å². The predicted octanol–water partition coefficient (Wildman–Crippen LogP) is 2.63. The summed E-state index contributed by atoms with van der Waals surface area (Å²) in [4.78, 5) is 40.1. The minimum atomic E-state index is -4.25. The molecule has 4 fully saturated rings. The molecule has 1 aromatic rings. The number of rotatable bonds is 9. The molecule has 0 unspecified atom stereocenters. The van der Waals surface area contributed by atoms with Crippen LogP contribution in [0.3, 0.4) is 0 Å². The van der Waals surface area contributed by atoms with Gasteiger partial charge in [-0.05, 0) is 50.0 Å². The normalized spacial score (nSPS) is 27.2. The Kier molecular flexibility index (Phi) is 8.50. The van der Waals surface area contributed by atoms with Gasteiger partial charge in [0.2, 0.25) is 32.7 Å². The van der Waals surface area contributed by atoms with Crippen molar-refractivity contribution < 1.29 is 36.0 Å². The van der Waals surface area contributed by atoms with Gasteiger partial charge in [-0.1, -0.05) is 17.7 Å². The van der Waals surface area contributed by atoms with Crippen molar-refractivity contribution >= 4 is 44.8 Å². The summed E-state index contributed by atoms with van der Waals surface area (Å²) < 4.78 is 67.7. The number of hydrogen-bond donors (Lipinski definition) is 3. The topological polar surface area (TPSA) is 125 Å². The zero-order valence-electron chi connectivity index (χ0n) is 21.1. The number of sulfone groups is 1. The molecule has 3 saturated heterocycles. The van der Waals surface area contributed by atoms with E-state index in [1.165, 1.54) is 0 Å². The van der Waals surface area contributed by atoms with Crippen LogP contribution in [-0.2, 0) is 24.2 Å². The molecule has 0 aromatic heterocycles. The molecule has 3 N–H and O–H groups in total. The molecule has 3 heterocycles. The van der Waals surface area contributed by atoms with E-state index in [1.807, 2.05) is 0 Å². The molecule has 3 amide bonds. The molecular weight excluding hydrogens is 561 g/mol. The van der Waals surface area contributed by atoms with Gasteiger partial charge in [-0.3, -0.25) is 14.4 Å². The quantitative estimate of drug-likeness (QED) is 0.406. The van der Waals surface area contributed by atoms with Crippen molar-refractivity contribution in [3.63, 3.8) is 0 Å². The fourth-order valence-electron chi connectivity index (χ4n) is 5.63. The molecule has 1 aliphatic carbocycles. The molecule has 9 nitrogen and oxygen atoms in total. The summed E-state index contributed by atoms with van der Waals surface area (Å²) >= 11 is 5.97. The van der Waals surface area contributed by atoms with Crippen LogP contribution in [0.15, 0.2) is 35.5 Å². The minimum Gasteiger partial charge on any atom is -0.376 e. The van der Waals surface area contributed by atoms with Crippen LogP contribution >= 0.6 is 11.6 Å². The first-order valence-corrected chi connectivity index (χ1v) is 14.9. The fraction of sp³-hybridized carbons (Fsp3) is 0.560. The van der Waals surface area contributed by atoms with E-state index < -0.39 is 69.1 Å². The number of carbonyl (C=O) groups is 3. The predicted molar refractivity (Wildman–Crippen MR) is 138 cm³/mol. The second-order valence-electron chi connectivity index (χ2n) is 10.3. The van der Waals surface area contributed by atoms with Gasteiger partial charge in [0.1, 0.15) is 6.04 Å². The minimum absolute atomic E-state index is 0.00446. The third-order valence-electron chi connectivity index (χ3n) is 7.48. The summed E-state index contributed by atoms with van der Waals surface area (Å²) in [5.74, 6) is -7.20. The smallest absolute Gasteiger partial charge is 0.255 e. The maximum absolute atomic E-state index is 15.0. The largest absolute Gasteiger partial charge is 0.376 e. The number of anilines is 1. The van der Waals surface area contributed by atoms with Crippen molar-refractivity contribution in [1.82, 2.24) is 15.5 Å². The van der Waals surface area contributed by atoms with E-state index >= 15 is 0 Å². The lowest BCUT2D eigenvalue weighted by Gasteiger charge is -2.53. The first-order chi connectivity index (χ1) is 18.3. The number of benzene rings is 1. The second kappa shape index (κ2) is 11.4. The van der Waals surface area contributed by atoms with Crippen LogP contribution in [0.1, 0.15) is 32.1 Å². The SMILES string of the molecule is CS(=O)(=O)/C(F)=C/[C@H](C[C@@H]1CCNC1=O)NC(=O)[C@@H]1[C@H]2CC[C@H](CC2(F)F)N1C(=O)CNc1cccc(Cl)c1. The Labute approximate surface area is 229 Å². The summed E-state index contributed by atoms with van der Waals surface area (Å²) in [7, 11) is -4.25. The molecule has 214 valence electrons. The zero-order chi connectivity index (χ0) is 28.5. The average Bonchev–Trinajstić information content (AvgIpc) is 3.25. The molecule has 0 radical (unpaired) electrons. The summed E-state index contributed by atoms with van der Waals surface area (Å²) in [6.45, 7) is 0.0795. The maximum Gasteiger partial charge on any atom is 0.255 e. The Hall–Kier alpha value is -2.80. The number of amides is 3. The Bertz CT molecular complexity index is 1280. The van der Waals surface area contributed by atoms with E-state index in [9.17, 15) is 36.0 Å². The highest BCUT2D eigenvalue weighted by molar-refractivity contribution is 7.94. The van der Waals surface area contributed by atoms with Gasteiger partial charge < -0.3 is 20.9 Å². The van der Waals surface area contributed by atoms with E-state index in [-0.39, 0.29) is 25.3 Å². The number of nitrogens with one attached hydrogen (secondary N) is 3. The fourth-order valence-corrected chi connectivity index (χ4v) is 6.23. The Morgan fingerprint density at radius 1 is 1.28 bits per heavy atom. The molecule has 4 aliphatic rings. The Balaban J connectivity index is 1.58. The number of piperidine rings is 2. The maximum atomic E-state index is 15.0. The van der Waals surface area contributed by atoms with Crippen molar-refractivity contribution in [3.05, 3.63) is 40.5 Å². The first-order valence-electron chi connectivity index (χ1n) is 12.6. The van der Waals surface area contributed by atoms with E-state index in [0.29, 0.717) is 42.4 Å². The van der Waals surface area contributed by atoms with Crippen LogP contribution in [-0.4, -0.2) is 74.4 Å². The van der Waals surface area contributed by atoms with Crippen molar-refractivity contribution in [2.45, 2.75) is 56.2 Å². The van der Waals surface area contributed by atoms with Crippen LogP contribution < -0.4 is 16.0 Å². The van der Waals surface area contributed by atoms with E-state index in [4.69, 9.17) is 11.6 Å². The Morgan fingerprint density at radius 2 is 2.03 bits per heavy atom. The lowest BCUT2D eigenvalue weighted by molar-refractivity contribution is -0.193. The molecule has 3 aliphatic heterocycles. The van der Waals surface area contributed by atoms with E-state index in [2.05, 4.69) is 16.0 Å². The van der Waals surface area contributed by atoms with Gasteiger partial charge in [-0.25, -0.2) is 17.2 Å². The summed E-state index contributed by atoms with van der Waals surface area (Å²) in [6.07, 6.45) is 1.27. The van der Waals surface area contributed by atoms with Crippen molar-refractivity contribution in [1.29, 1.82) is 0 Å². The third-order valence-corrected chi connectivity index (χ3v) is 8.56. The summed E-state index contributed by atoms with van der Waals surface area (Å²) in [5, 5.41) is 6.88. The van der Waals surface area contributed by atoms with Crippen LogP contribution in [0.5, 0.6) is 0 Å². The lowest BCUT2D eigenvalue weighted by Crippen LogP contribution is -2.69. The van der Waals surface area contributed by atoms with Gasteiger partial charge in [0.25, 0.3) is 5.92 Å². The molecule has 2 bridgehead atoms. The molecule has 1 aromatic carbocycles. The molecule has 5 rings (SSSR count). The van der Waals surface area contributed by atoms with Gasteiger partial charge in [-0.2, -0.15) is 4.39 Å². The van der Waals surface area contributed by atoms with Gasteiger partial charge in [-0.15, -0.1) is 0 Å². The molecule has 39 heavy (non-hydrogen) atoms. The zero-order valence-corrected chi connectivity index (χ0v) is 22.7. The number of nitrogens with zero attached hydrogens (tertiary/aromatic N) is 1. The van der Waals surface area contributed by atoms with Crippen LogP contribution in [0, 0.1) is 11.8 Å². The van der Waals surface area contributed by atoms with Gasteiger partial charge in [0.15, 0.2) is 0 Å². The van der Waals surface area contributed by atoms with Crippen LogP contribution in [0.2, 0.25) is 5.02 Å². The standard InChI is InChI=1S/C25H30ClF3N4O5S/c1-39(37,38)20(27)11-17(9-14-7-8-30-23(14)35)32-24(36)22-19-6-5-18(12-25(19,28)29)33(22)21(34)13-31-16-4-2-3-15(26)10-16/h2-4,10-11,14,17-19,22,31H,5-9,12-13H2,1H3,(H,30,35)(H,32,36)/b20-11+/t14-,17-,18+,19+,22-/m0/s1. The van der Waals surface area contributed by atoms with Gasteiger partial charge in [0, 0.05) is 41.9 Å². The molecule has 14 heteroatoms. The first kappa shape index (κ1) is 29.2. The number of carbonyl (C=O) groups excluding carboxylic acids is 3. The molecule has 1 saturated carbocycles. The number of halogens is 4.